The first-order valence-corrected chi connectivity index (χ1v) is 7.14. The Labute approximate surface area is 124 Å². The number of hydrogen-bond acceptors (Lipinski definition) is 4. The first-order chi connectivity index (χ1) is 10.2. The zero-order valence-corrected chi connectivity index (χ0v) is 12.2. The maximum atomic E-state index is 10.7. The zero-order valence-electron chi connectivity index (χ0n) is 12.2. The van der Waals surface area contributed by atoms with Crippen LogP contribution in [0.5, 0.6) is 11.5 Å². The van der Waals surface area contributed by atoms with Crippen molar-refractivity contribution in [3.05, 3.63) is 29.8 Å². The van der Waals surface area contributed by atoms with Crippen molar-refractivity contribution in [3.8, 4) is 11.5 Å². The summed E-state index contributed by atoms with van der Waals surface area (Å²) in [6.07, 6.45) is 5.13. The van der Waals surface area contributed by atoms with Crippen LogP contribution in [-0.2, 0) is 4.79 Å². The van der Waals surface area contributed by atoms with Gasteiger partial charge in [0.15, 0.2) is 11.5 Å². The van der Waals surface area contributed by atoms with Gasteiger partial charge in [0.2, 0.25) is 0 Å². The Bertz CT molecular complexity index is 507. The summed E-state index contributed by atoms with van der Waals surface area (Å²) >= 11 is 0. The second kappa shape index (κ2) is 7.69. The predicted octanol–water partition coefficient (Wildman–Crippen LogP) is 2.27. The van der Waals surface area contributed by atoms with Gasteiger partial charge in [0.05, 0.1) is 7.11 Å². The smallest absolute Gasteiger partial charge is 0.328 e. The Morgan fingerprint density at radius 2 is 2.14 bits per heavy atom. The fourth-order valence-corrected chi connectivity index (χ4v) is 2.42. The van der Waals surface area contributed by atoms with E-state index in [4.69, 9.17) is 14.6 Å². The molecule has 1 aliphatic heterocycles. The number of carboxylic acid groups (broad SMARTS) is 1. The van der Waals surface area contributed by atoms with E-state index in [0.29, 0.717) is 23.7 Å². The van der Waals surface area contributed by atoms with Crippen LogP contribution in [0.1, 0.15) is 18.4 Å². The Balaban J connectivity index is 2.05. The van der Waals surface area contributed by atoms with Gasteiger partial charge in [-0.3, -0.25) is 4.90 Å². The van der Waals surface area contributed by atoms with Crippen molar-refractivity contribution in [2.45, 2.75) is 12.8 Å². The molecule has 1 saturated heterocycles. The number of hydrogen-bond donors (Lipinski definition) is 1. The second-order valence-corrected chi connectivity index (χ2v) is 4.95. The van der Waals surface area contributed by atoms with Gasteiger partial charge in [-0.05, 0) is 38.1 Å². The first kappa shape index (κ1) is 15.4. The highest BCUT2D eigenvalue weighted by Crippen LogP contribution is 2.32. The minimum absolute atomic E-state index is 0.564. The second-order valence-electron chi connectivity index (χ2n) is 4.95. The molecular weight excluding hydrogens is 270 g/mol. The lowest BCUT2D eigenvalue weighted by atomic mass is 10.1. The summed E-state index contributed by atoms with van der Waals surface area (Å²) in [4.78, 5) is 13.0. The van der Waals surface area contributed by atoms with Crippen LogP contribution >= 0.6 is 0 Å². The number of carbonyl (C=O) groups is 1. The van der Waals surface area contributed by atoms with Crippen molar-refractivity contribution in [3.63, 3.8) is 0 Å². The predicted molar refractivity (Wildman–Crippen MR) is 80.8 cm³/mol. The van der Waals surface area contributed by atoms with Crippen molar-refractivity contribution in [1.29, 1.82) is 0 Å². The van der Waals surface area contributed by atoms with Crippen LogP contribution in [0.25, 0.3) is 6.08 Å². The van der Waals surface area contributed by atoms with Crippen LogP contribution in [0.2, 0.25) is 0 Å². The van der Waals surface area contributed by atoms with E-state index in [9.17, 15) is 4.79 Å². The third-order valence-corrected chi connectivity index (χ3v) is 3.49. The molecule has 0 unspecified atom stereocenters. The topological polar surface area (TPSA) is 59.0 Å². The van der Waals surface area contributed by atoms with Crippen molar-refractivity contribution >= 4 is 12.0 Å². The maximum Gasteiger partial charge on any atom is 0.328 e. The summed E-state index contributed by atoms with van der Waals surface area (Å²) < 4.78 is 11.1. The highest BCUT2D eigenvalue weighted by molar-refractivity contribution is 5.86. The molecule has 1 aromatic carbocycles. The van der Waals surface area contributed by atoms with E-state index in [1.165, 1.54) is 18.9 Å². The Morgan fingerprint density at radius 3 is 2.81 bits per heavy atom. The largest absolute Gasteiger partial charge is 0.493 e. The van der Waals surface area contributed by atoms with E-state index < -0.39 is 5.97 Å². The molecule has 0 aliphatic carbocycles. The number of methoxy groups -OCH3 is 1. The number of carboxylic acids is 1. The zero-order chi connectivity index (χ0) is 15.1. The van der Waals surface area contributed by atoms with Crippen molar-refractivity contribution in [2.75, 3.05) is 33.4 Å². The van der Waals surface area contributed by atoms with Crippen LogP contribution in [-0.4, -0.2) is 49.3 Å². The third kappa shape index (κ3) is 4.49. The van der Waals surface area contributed by atoms with E-state index in [0.717, 1.165) is 25.7 Å². The SMILES string of the molecule is COc1cccc(C=CC(=O)O)c1OCCN1CCCC1. The Morgan fingerprint density at radius 1 is 1.38 bits per heavy atom. The van der Waals surface area contributed by atoms with Gasteiger partial charge in [0.1, 0.15) is 6.61 Å². The van der Waals surface area contributed by atoms with E-state index in [1.54, 1.807) is 7.11 Å². The summed E-state index contributed by atoms with van der Waals surface area (Å²) in [7, 11) is 1.58. The third-order valence-electron chi connectivity index (χ3n) is 3.49. The van der Waals surface area contributed by atoms with Gasteiger partial charge in [-0.15, -0.1) is 0 Å². The summed E-state index contributed by atoms with van der Waals surface area (Å²) in [6, 6.07) is 5.43. The van der Waals surface area contributed by atoms with E-state index in [2.05, 4.69) is 4.90 Å². The van der Waals surface area contributed by atoms with Crippen LogP contribution in [0.4, 0.5) is 0 Å². The maximum absolute atomic E-state index is 10.7. The fraction of sp³-hybridized carbons (Fsp3) is 0.438. The Hall–Kier alpha value is -2.01. The molecule has 1 aliphatic rings. The highest BCUT2D eigenvalue weighted by atomic mass is 16.5. The molecule has 0 saturated carbocycles. The van der Waals surface area contributed by atoms with Gasteiger partial charge in [-0.25, -0.2) is 4.79 Å². The molecule has 0 bridgehead atoms. The average Bonchev–Trinajstić information content (AvgIpc) is 2.99. The number of nitrogens with zero attached hydrogens (tertiary/aromatic N) is 1. The molecule has 1 fully saturated rings. The standard InChI is InChI=1S/C16H21NO4/c1-20-14-6-4-5-13(7-8-15(18)19)16(14)21-12-11-17-9-2-3-10-17/h4-8H,2-3,9-12H2,1H3,(H,18,19). The number of para-hydroxylation sites is 1. The van der Waals surface area contributed by atoms with Crippen molar-refractivity contribution in [2.24, 2.45) is 0 Å². The number of benzene rings is 1. The molecule has 21 heavy (non-hydrogen) atoms. The van der Waals surface area contributed by atoms with Gasteiger partial charge in [0.25, 0.3) is 0 Å². The van der Waals surface area contributed by atoms with E-state index in [1.807, 2.05) is 18.2 Å². The molecule has 0 radical (unpaired) electrons. The van der Waals surface area contributed by atoms with Crippen molar-refractivity contribution in [1.82, 2.24) is 4.90 Å². The first-order valence-electron chi connectivity index (χ1n) is 7.14. The fourth-order valence-electron chi connectivity index (χ4n) is 2.42. The van der Waals surface area contributed by atoms with Gasteiger partial charge >= 0.3 is 5.97 Å². The minimum Gasteiger partial charge on any atom is -0.493 e. The molecular formula is C16H21NO4. The number of rotatable bonds is 7. The quantitative estimate of drug-likeness (QED) is 0.781. The van der Waals surface area contributed by atoms with E-state index in [-0.39, 0.29) is 0 Å². The lowest BCUT2D eigenvalue weighted by Gasteiger charge is -2.17. The van der Waals surface area contributed by atoms with Gasteiger partial charge in [-0.2, -0.15) is 0 Å². The average molecular weight is 291 g/mol. The molecule has 0 atom stereocenters. The number of ether oxygens (including phenoxy) is 2. The van der Waals surface area contributed by atoms with Crippen LogP contribution < -0.4 is 9.47 Å². The molecule has 1 N–H and O–H groups in total. The molecule has 5 heteroatoms. The summed E-state index contributed by atoms with van der Waals surface area (Å²) in [5.74, 6) is 0.224. The number of aliphatic carboxylic acids is 1. The van der Waals surface area contributed by atoms with Crippen LogP contribution in [0.15, 0.2) is 24.3 Å². The highest BCUT2D eigenvalue weighted by Gasteiger charge is 2.13. The van der Waals surface area contributed by atoms with Crippen molar-refractivity contribution < 1.29 is 19.4 Å². The van der Waals surface area contributed by atoms with E-state index >= 15 is 0 Å². The van der Waals surface area contributed by atoms with Crippen LogP contribution in [0.3, 0.4) is 0 Å². The molecule has 5 nitrogen and oxygen atoms in total. The molecule has 0 aromatic heterocycles. The summed E-state index contributed by atoms with van der Waals surface area (Å²) in [5.41, 5.74) is 0.707. The van der Waals surface area contributed by atoms with Crippen LogP contribution in [0, 0.1) is 0 Å². The number of likely N-dealkylation sites (tertiary alicyclic amines) is 1. The Kier molecular flexibility index (Phi) is 5.63. The molecule has 1 heterocycles. The lowest BCUT2D eigenvalue weighted by molar-refractivity contribution is -0.131. The molecule has 0 spiro atoms. The minimum atomic E-state index is -0.985. The molecule has 1 aromatic rings. The monoisotopic (exact) mass is 291 g/mol. The lowest BCUT2D eigenvalue weighted by Crippen LogP contribution is -2.25. The normalized spacial score (nSPS) is 15.5. The van der Waals surface area contributed by atoms with Gasteiger partial charge in [0, 0.05) is 18.2 Å². The summed E-state index contributed by atoms with van der Waals surface area (Å²) in [5, 5.41) is 8.75. The molecule has 114 valence electrons. The van der Waals surface area contributed by atoms with Gasteiger partial charge in [-0.1, -0.05) is 12.1 Å². The van der Waals surface area contributed by atoms with Gasteiger partial charge < -0.3 is 14.6 Å². The molecule has 0 amide bonds. The summed E-state index contributed by atoms with van der Waals surface area (Å²) in [6.45, 7) is 3.69. The molecule has 2 rings (SSSR count).